The maximum Gasteiger partial charge on any atom is 0.124 e. The lowest BCUT2D eigenvalue weighted by molar-refractivity contribution is 0.261. The number of methoxy groups -OCH3 is 1. The number of fused-ring (bicyclic) bond motifs is 1. The summed E-state index contributed by atoms with van der Waals surface area (Å²) in [5.41, 5.74) is 5.39. The summed E-state index contributed by atoms with van der Waals surface area (Å²) in [7, 11) is 5.89. The van der Waals surface area contributed by atoms with E-state index in [0.29, 0.717) is 6.61 Å². The van der Waals surface area contributed by atoms with Gasteiger partial charge in [0.25, 0.3) is 0 Å². The summed E-state index contributed by atoms with van der Waals surface area (Å²) >= 11 is 0. The molecule has 1 atom stereocenters. The molecule has 1 aliphatic rings. The predicted molar refractivity (Wildman–Crippen MR) is 120 cm³/mol. The fourth-order valence-corrected chi connectivity index (χ4v) is 3.84. The Bertz CT molecular complexity index is 830. The Morgan fingerprint density at radius 1 is 1.10 bits per heavy atom. The van der Waals surface area contributed by atoms with E-state index in [1.54, 1.807) is 7.11 Å². The van der Waals surface area contributed by atoms with E-state index in [-0.39, 0.29) is 11.5 Å². The highest BCUT2D eigenvalue weighted by Crippen LogP contribution is 2.38. The van der Waals surface area contributed by atoms with Gasteiger partial charge in [-0.2, -0.15) is 0 Å². The monoisotopic (exact) mass is 396 g/mol. The zero-order valence-corrected chi connectivity index (χ0v) is 18.8. The fraction of sp³-hybridized carbons (Fsp3) is 0.520. The molecule has 0 fully saturated rings. The molecule has 0 radical (unpaired) electrons. The molecule has 158 valence electrons. The number of hydrogen-bond donors (Lipinski definition) is 1. The van der Waals surface area contributed by atoms with Crippen LogP contribution in [0.4, 0.5) is 0 Å². The number of benzene rings is 2. The highest BCUT2D eigenvalue weighted by molar-refractivity contribution is 5.49. The zero-order valence-electron chi connectivity index (χ0n) is 18.8. The van der Waals surface area contributed by atoms with Gasteiger partial charge in [-0.25, -0.2) is 0 Å². The SMILES string of the molecule is CCC(C)(C)c1ccc(OC)c(C2NCCc3cc(OCCN(C)C)ccc32)c1. The van der Waals surface area contributed by atoms with E-state index in [9.17, 15) is 0 Å². The number of nitrogens with one attached hydrogen (secondary N) is 1. The third-order valence-corrected chi connectivity index (χ3v) is 6.18. The Hall–Kier alpha value is -2.04. The van der Waals surface area contributed by atoms with E-state index in [4.69, 9.17) is 9.47 Å². The van der Waals surface area contributed by atoms with Crippen molar-refractivity contribution in [1.29, 1.82) is 0 Å². The second-order valence-corrected chi connectivity index (χ2v) is 8.84. The van der Waals surface area contributed by atoms with Gasteiger partial charge >= 0.3 is 0 Å². The van der Waals surface area contributed by atoms with E-state index >= 15 is 0 Å². The zero-order chi connectivity index (χ0) is 21.0. The molecular weight excluding hydrogens is 360 g/mol. The molecule has 3 rings (SSSR count). The Labute approximate surface area is 176 Å². The second-order valence-electron chi connectivity index (χ2n) is 8.84. The first-order valence-electron chi connectivity index (χ1n) is 10.7. The summed E-state index contributed by atoms with van der Waals surface area (Å²) in [5, 5.41) is 3.71. The smallest absolute Gasteiger partial charge is 0.124 e. The van der Waals surface area contributed by atoms with Gasteiger partial charge < -0.3 is 19.7 Å². The Morgan fingerprint density at radius 2 is 1.90 bits per heavy atom. The van der Waals surface area contributed by atoms with Crippen LogP contribution in [0.1, 0.15) is 55.5 Å². The molecule has 0 aromatic heterocycles. The van der Waals surface area contributed by atoms with Gasteiger partial charge in [0.15, 0.2) is 0 Å². The van der Waals surface area contributed by atoms with Crippen molar-refractivity contribution in [1.82, 2.24) is 10.2 Å². The molecule has 0 bridgehead atoms. The molecule has 0 spiro atoms. The van der Waals surface area contributed by atoms with E-state index in [0.717, 1.165) is 37.4 Å². The summed E-state index contributed by atoms with van der Waals surface area (Å²) in [6.07, 6.45) is 2.11. The van der Waals surface area contributed by atoms with Gasteiger partial charge in [0.05, 0.1) is 13.2 Å². The molecule has 4 nitrogen and oxygen atoms in total. The van der Waals surface area contributed by atoms with Crippen LogP contribution in [0.2, 0.25) is 0 Å². The topological polar surface area (TPSA) is 33.7 Å². The molecule has 1 aliphatic heterocycles. The Kier molecular flexibility index (Phi) is 6.86. The van der Waals surface area contributed by atoms with Gasteiger partial charge in [0.2, 0.25) is 0 Å². The van der Waals surface area contributed by atoms with Crippen LogP contribution in [-0.4, -0.2) is 45.8 Å². The van der Waals surface area contributed by atoms with Gasteiger partial charge in [0, 0.05) is 18.7 Å². The van der Waals surface area contributed by atoms with Crippen molar-refractivity contribution in [2.75, 3.05) is 40.9 Å². The third kappa shape index (κ3) is 4.93. The van der Waals surface area contributed by atoms with Gasteiger partial charge in [0.1, 0.15) is 18.1 Å². The molecule has 29 heavy (non-hydrogen) atoms. The molecule has 1 N–H and O–H groups in total. The summed E-state index contributed by atoms with van der Waals surface area (Å²) < 4.78 is 11.7. The molecule has 1 unspecified atom stereocenters. The van der Waals surface area contributed by atoms with Crippen LogP contribution >= 0.6 is 0 Å². The minimum Gasteiger partial charge on any atom is -0.496 e. The fourth-order valence-electron chi connectivity index (χ4n) is 3.84. The van der Waals surface area contributed by atoms with Gasteiger partial charge in [-0.3, -0.25) is 0 Å². The van der Waals surface area contributed by atoms with Crippen molar-refractivity contribution in [3.63, 3.8) is 0 Å². The van der Waals surface area contributed by atoms with Crippen LogP contribution in [0.25, 0.3) is 0 Å². The highest BCUT2D eigenvalue weighted by Gasteiger charge is 2.27. The normalized spacial score (nSPS) is 16.6. The highest BCUT2D eigenvalue weighted by atomic mass is 16.5. The van der Waals surface area contributed by atoms with Crippen molar-refractivity contribution in [2.45, 2.75) is 45.1 Å². The predicted octanol–water partition coefficient (Wildman–Crippen LogP) is 4.56. The number of rotatable bonds is 8. The standard InChI is InChI=1S/C25H36N2O2/c1-7-25(2,3)19-8-11-23(28-6)22(17-19)24-21-10-9-20(29-15-14-27(4)5)16-18(21)12-13-26-24/h8-11,16-17,24,26H,7,12-15H2,1-6H3. The van der Waals surface area contributed by atoms with E-state index in [1.165, 1.54) is 22.3 Å². The van der Waals surface area contributed by atoms with Gasteiger partial charge in [-0.15, -0.1) is 0 Å². The summed E-state index contributed by atoms with van der Waals surface area (Å²) in [4.78, 5) is 2.13. The summed E-state index contributed by atoms with van der Waals surface area (Å²) in [6.45, 7) is 9.42. The van der Waals surface area contributed by atoms with Crippen molar-refractivity contribution in [2.24, 2.45) is 0 Å². The van der Waals surface area contributed by atoms with Crippen molar-refractivity contribution < 1.29 is 9.47 Å². The van der Waals surface area contributed by atoms with E-state index in [1.807, 2.05) is 0 Å². The van der Waals surface area contributed by atoms with Gasteiger partial charge in [-0.1, -0.05) is 32.9 Å². The maximum absolute atomic E-state index is 5.96. The molecule has 0 amide bonds. The van der Waals surface area contributed by atoms with Crippen molar-refractivity contribution in [3.05, 3.63) is 58.7 Å². The lowest BCUT2D eigenvalue weighted by atomic mass is 9.80. The molecular formula is C25H36N2O2. The lowest BCUT2D eigenvalue weighted by Gasteiger charge is -2.31. The summed E-state index contributed by atoms with van der Waals surface area (Å²) in [6, 6.07) is 13.3. The molecule has 0 aliphatic carbocycles. The largest absolute Gasteiger partial charge is 0.496 e. The minimum absolute atomic E-state index is 0.136. The molecule has 4 heteroatoms. The Morgan fingerprint density at radius 3 is 2.59 bits per heavy atom. The van der Waals surface area contributed by atoms with Crippen LogP contribution in [0.5, 0.6) is 11.5 Å². The van der Waals surface area contributed by atoms with E-state index < -0.39 is 0 Å². The Balaban J connectivity index is 1.92. The van der Waals surface area contributed by atoms with Crippen molar-refractivity contribution in [3.8, 4) is 11.5 Å². The number of nitrogens with zero attached hydrogens (tertiary/aromatic N) is 1. The maximum atomic E-state index is 5.96. The average molecular weight is 397 g/mol. The second kappa shape index (κ2) is 9.19. The van der Waals surface area contributed by atoms with Crippen LogP contribution in [-0.2, 0) is 11.8 Å². The quantitative estimate of drug-likeness (QED) is 0.709. The molecule has 0 saturated carbocycles. The van der Waals surface area contributed by atoms with Gasteiger partial charge in [-0.05, 0) is 73.3 Å². The number of ether oxygens (including phenoxy) is 2. The number of likely N-dealkylation sites (N-methyl/N-ethyl adjacent to an activating group) is 1. The lowest BCUT2D eigenvalue weighted by Crippen LogP contribution is -2.31. The third-order valence-electron chi connectivity index (χ3n) is 6.18. The first-order chi connectivity index (χ1) is 13.9. The number of hydrogen-bond acceptors (Lipinski definition) is 4. The van der Waals surface area contributed by atoms with Crippen LogP contribution in [0.15, 0.2) is 36.4 Å². The van der Waals surface area contributed by atoms with Crippen molar-refractivity contribution >= 4 is 0 Å². The van der Waals surface area contributed by atoms with Crippen LogP contribution in [0.3, 0.4) is 0 Å². The van der Waals surface area contributed by atoms with E-state index in [2.05, 4.69) is 81.5 Å². The molecule has 2 aromatic rings. The average Bonchev–Trinajstić information content (AvgIpc) is 2.72. The summed E-state index contributed by atoms with van der Waals surface area (Å²) in [5.74, 6) is 1.90. The molecule has 1 heterocycles. The minimum atomic E-state index is 0.136. The first-order valence-corrected chi connectivity index (χ1v) is 10.7. The molecule has 2 aromatic carbocycles. The van der Waals surface area contributed by atoms with Crippen LogP contribution < -0.4 is 14.8 Å². The first kappa shape index (κ1) is 21.7. The van der Waals surface area contributed by atoms with Crippen LogP contribution in [0, 0.1) is 0 Å². The molecule has 0 saturated heterocycles.